The van der Waals surface area contributed by atoms with Crippen molar-refractivity contribution in [2.75, 3.05) is 29.9 Å². The second-order valence-electron chi connectivity index (χ2n) is 9.17. The Kier molecular flexibility index (Phi) is 4.95. The van der Waals surface area contributed by atoms with Gasteiger partial charge in [0.05, 0.1) is 33.1 Å². The highest BCUT2D eigenvalue weighted by atomic mass is 15.4. The summed E-state index contributed by atoms with van der Waals surface area (Å²) in [6.07, 6.45) is 0. The molecule has 0 aliphatic carbocycles. The van der Waals surface area contributed by atoms with Crippen LogP contribution in [0.5, 0.6) is 0 Å². The van der Waals surface area contributed by atoms with Crippen molar-refractivity contribution in [2.24, 2.45) is 0 Å². The largest absolute Gasteiger partial charge is 0.344 e. The van der Waals surface area contributed by atoms with Gasteiger partial charge in [0, 0.05) is 20.1 Å². The number of nitrogens with zero attached hydrogens (tertiary/aromatic N) is 5. The van der Waals surface area contributed by atoms with Crippen LogP contribution in [-0.2, 0) is 0 Å². The van der Waals surface area contributed by atoms with Gasteiger partial charge < -0.3 is 19.9 Å². The van der Waals surface area contributed by atoms with E-state index in [1.54, 1.807) is 0 Å². The SMILES string of the molecule is Cc1cccc2[nH]c(N(C)CCN(c3nc4c(C)cccc4[nH]3)c3nc4c(C)cccc4[nH]3)nc12. The lowest BCUT2D eigenvalue weighted by Gasteiger charge is -2.23. The molecule has 3 aromatic heterocycles. The van der Waals surface area contributed by atoms with Gasteiger partial charge in [-0.15, -0.1) is 0 Å². The van der Waals surface area contributed by atoms with Gasteiger partial charge in [0.15, 0.2) is 0 Å². The second-order valence-corrected chi connectivity index (χ2v) is 9.17. The summed E-state index contributed by atoms with van der Waals surface area (Å²) in [5, 5.41) is 0. The van der Waals surface area contributed by atoms with Crippen LogP contribution in [0.15, 0.2) is 54.6 Å². The molecule has 35 heavy (non-hydrogen) atoms. The van der Waals surface area contributed by atoms with Crippen molar-refractivity contribution in [2.45, 2.75) is 20.8 Å². The first kappa shape index (κ1) is 21.2. The topological polar surface area (TPSA) is 92.5 Å². The number of anilines is 3. The number of fused-ring (bicyclic) bond motifs is 3. The van der Waals surface area contributed by atoms with Gasteiger partial charge in [-0.05, 0) is 55.7 Å². The summed E-state index contributed by atoms with van der Waals surface area (Å²) in [6.45, 7) is 7.62. The van der Waals surface area contributed by atoms with Gasteiger partial charge in [-0.25, -0.2) is 15.0 Å². The summed E-state index contributed by atoms with van der Waals surface area (Å²) >= 11 is 0. The van der Waals surface area contributed by atoms with Crippen LogP contribution in [0.25, 0.3) is 33.1 Å². The van der Waals surface area contributed by atoms with E-state index in [-0.39, 0.29) is 0 Å². The number of aromatic amines is 3. The summed E-state index contributed by atoms with van der Waals surface area (Å²) in [5.74, 6) is 2.37. The van der Waals surface area contributed by atoms with Crippen molar-refractivity contribution in [1.29, 1.82) is 0 Å². The van der Waals surface area contributed by atoms with E-state index < -0.39 is 0 Å². The molecule has 3 N–H and O–H groups in total. The van der Waals surface area contributed by atoms with E-state index in [4.69, 9.17) is 15.0 Å². The van der Waals surface area contributed by atoms with Crippen molar-refractivity contribution < 1.29 is 0 Å². The molecule has 0 spiro atoms. The number of para-hydroxylation sites is 3. The number of rotatable bonds is 6. The average molecular weight is 465 g/mol. The summed E-state index contributed by atoms with van der Waals surface area (Å²) in [4.78, 5) is 29.4. The van der Waals surface area contributed by atoms with Gasteiger partial charge in [-0.3, -0.25) is 4.90 Å². The van der Waals surface area contributed by atoms with Crippen LogP contribution in [-0.4, -0.2) is 50.0 Å². The molecule has 3 aromatic carbocycles. The highest BCUT2D eigenvalue weighted by Crippen LogP contribution is 2.28. The number of aryl methyl sites for hydroxylation is 3. The Hall–Kier alpha value is -4.33. The molecule has 0 saturated carbocycles. The number of likely N-dealkylation sites (N-methyl/N-ethyl adjacent to an activating group) is 1. The molecule has 0 atom stereocenters. The number of H-pyrrole nitrogens is 3. The van der Waals surface area contributed by atoms with Crippen LogP contribution in [0.1, 0.15) is 16.7 Å². The predicted octanol–water partition coefficient (Wildman–Crippen LogP) is 5.52. The highest BCUT2D eigenvalue weighted by Gasteiger charge is 2.20. The Morgan fingerprint density at radius 1 is 0.571 bits per heavy atom. The molecular weight excluding hydrogens is 436 g/mol. The Morgan fingerprint density at radius 3 is 1.40 bits per heavy atom. The number of hydrogen-bond donors (Lipinski definition) is 3. The quantitative estimate of drug-likeness (QED) is 0.302. The van der Waals surface area contributed by atoms with Crippen LogP contribution in [0.2, 0.25) is 0 Å². The number of benzene rings is 3. The molecule has 0 radical (unpaired) electrons. The first-order valence-electron chi connectivity index (χ1n) is 11.8. The van der Waals surface area contributed by atoms with Gasteiger partial charge >= 0.3 is 0 Å². The molecule has 0 aliphatic rings. The van der Waals surface area contributed by atoms with Gasteiger partial charge in [-0.2, -0.15) is 0 Å². The third-order valence-electron chi connectivity index (χ3n) is 6.64. The third kappa shape index (κ3) is 3.67. The second kappa shape index (κ2) is 8.16. The average Bonchev–Trinajstić information content (AvgIpc) is 3.57. The van der Waals surface area contributed by atoms with E-state index in [0.29, 0.717) is 13.1 Å². The van der Waals surface area contributed by atoms with Crippen molar-refractivity contribution in [3.05, 3.63) is 71.3 Å². The summed E-state index contributed by atoms with van der Waals surface area (Å²) < 4.78 is 0. The van der Waals surface area contributed by atoms with Gasteiger partial charge in [0.2, 0.25) is 17.8 Å². The molecule has 3 heterocycles. The molecule has 0 fully saturated rings. The highest BCUT2D eigenvalue weighted by molar-refractivity contribution is 5.84. The summed E-state index contributed by atoms with van der Waals surface area (Å²) in [6, 6.07) is 18.6. The molecule has 0 aliphatic heterocycles. The van der Waals surface area contributed by atoms with Crippen molar-refractivity contribution in [3.63, 3.8) is 0 Å². The van der Waals surface area contributed by atoms with E-state index >= 15 is 0 Å². The Morgan fingerprint density at radius 2 is 0.971 bits per heavy atom. The van der Waals surface area contributed by atoms with Gasteiger partial charge in [-0.1, -0.05) is 36.4 Å². The number of nitrogens with one attached hydrogen (secondary N) is 3. The molecule has 8 heteroatoms. The van der Waals surface area contributed by atoms with Crippen LogP contribution in [0, 0.1) is 20.8 Å². The molecule has 6 aromatic rings. The Balaban J connectivity index is 1.36. The minimum atomic E-state index is 0.657. The van der Waals surface area contributed by atoms with Crippen LogP contribution >= 0.6 is 0 Å². The predicted molar refractivity (Wildman–Crippen MR) is 143 cm³/mol. The molecular formula is C27H28N8. The molecule has 0 amide bonds. The van der Waals surface area contributed by atoms with Crippen LogP contribution in [0.3, 0.4) is 0 Å². The third-order valence-corrected chi connectivity index (χ3v) is 6.64. The van der Waals surface area contributed by atoms with Gasteiger partial charge in [0.25, 0.3) is 0 Å². The van der Waals surface area contributed by atoms with E-state index in [1.807, 2.05) is 12.1 Å². The Labute approximate surface area is 203 Å². The van der Waals surface area contributed by atoms with Gasteiger partial charge in [0.1, 0.15) is 0 Å². The van der Waals surface area contributed by atoms with E-state index in [2.05, 4.69) is 95.0 Å². The molecule has 8 nitrogen and oxygen atoms in total. The maximum absolute atomic E-state index is 4.95. The fourth-order valence-corrected chi connectivity index (χ4v) is 4.59. The fourth-order valence-electron chi connectivity index (χ4n) is 4.59. The first-order valence-corrected chi connectivity index (χ1v) is 11.8. The van der Waals surface area contributed by atoms with E-state index in [0.717, 1.165) is 67.6 Å². The van der Waals surface area contributed by atoms with Crippen molar-refractivity contribution in [1.82, 2.24) is 29.9 Å². The standard InChI is InChI=1S/C27H28N8/c1-16-8-5-11-19-22(16)31-25(28-19)34(4)14-15-35(26-29-20-12-6-9-17(2)23(20)32-26)27-30-21-13-7-10-18(3)24(21)33-27/h5-13H,14-15H2,1-4H3,(H,28,31)(H,29,32)(H,30,33). The minimum absolute atomic E-state index is 0.657. The minimum Gasteiger partial charge on any atom is -0.344 e. The number of aromatic nitrogens is 6. The molecule has 0 saturated heterocycles. The lowest BCUT2D eigenvalue weighted by Crippen LogP contribution is -2.32. The zero-order valence-corrected chi connectivity index (χ0v) is 20.3. The zero-order valence-electron chi connectivity index (χ0n) is 20.3. The summed E-state index contributed by atoms with van der Waals surface area (Å²) in [7, 11) is 2.05. The molecule has 6 rings (SSSR count). The monoisotopic (exact) mass is 464 g/mol. The smallest absolute Gasteiger partial charge is 0.210 e. The fraction of sp³-hybridized carbons (Fsp3) is 0.222. The van der Waals surface area contributed by atoms with Crippen LogP contribution < -0.4 is 9.80 Å². The number of hydrogen-bond acceptors (Lipinski definition) is 5. The van der Waals surface area contributed by atoms with E-state index in [1.165, 1.54) is 0 Å². The lowest BCUT2D eigenvalue weighted by molar-refractivity contribution is 0.811. The Bertz CT molecular complexity index is 1590. The first-order chi connectivity index (χ1) is 17.0. The zero-order chi connectivity index (χ0) is 24.1. The molecule has 176 valence electrons. The maximum atomic E-state index is 4.95. The lowest BCUT2D eigenvalue weighted by atomic mass is 10.2. The maximum Gasteiger partial charge on any atom is 0.210 e. The summed E-state index contributed by atoms with van der Waals surface area (Å²) in [5.41, 5.74) is 9.46. The van der Waals surface area contributed by atoms with E-state index in [9.17, 15) is 0 Å². The number of imidazole rings is 3. The normalized spacial score (nSPS) is 11.7. The van der Waals surface area contributed by atoms with Crippen molar-refractivity contribution >= 4 is 50.9 Å². The molecule has 0 bridgehead atoms. The molecule has 0 unspecified atom stereocenters. The van der Waals surface area contributed by atoms with Crippen molar-refractivity contribution in [3.8, 4) is 0 Å². The van der Waals surface area contributed by atoms with Crippen LogP contribution in [0.4, 0.5) is 17.8 Å².